The normalized spacial score (nSPS) is 12.8. The molecule has 0 amide bonds. The number of benzene rings is 2. The molecule has 0 spiro atoms. The van der Waals surface area contributed by atoms with Crippen LogP contribution in [0.15, 0.2) is 52.7 Å². The van der Waals surface area contributed by atoms with Gasteiger partial charge in [0.05, 0.1) is 22.8 Å². The average molecular weight is 538 g/mol. The number of fused-ring (bicyclic) bond motifs is 1. The molecule has 192 valence electrons. The van der Waals surface area contributed by atoms with Gasteiger partial charge in [0.15, 0.2) is 11.6 Å². The third-order valence-electron chi connectivity index (χ3n) is 4.94. The predicted molar refractivity (Wildman–Crippen MR) is 129 cm³/mol. The lowest BCUT2D eigenvalue weighted by molar-refractivity contribution is 0.486. The fraction of sp³-hybridized carbons (Fsp3) is 0.182. The molecular formula is C22H19ClF3N9O2. The van der Waals surface area contributed by atoms with Gasteiger partial charge in [-0.05, 0) is 18.2 Å². The van der Waals surface area contributed by atoms with Crippen LogP contribution < -0.4 is 16.7 Å². The number of anilines is 2. The van der Waals surface area contributed by atoms with E-state index >= 15 is 0 Å². The van der Waals surface area contributed by atoms with Crippen LogP contribution in [0.3, 0.4) is 0 Å². The molecular weight excluding hydrogens is 515 g/mol. The number of rotatable bonds is 4. The summed E-state index contributed by atoms with van der Waals surface area (Å²) in [6.07, 6.45) is 4.37. The second kappa shape index (κ2) is 10.3. The van der Waals surface area contributed by atoms with Crippen molar-refractivity contribution in [3.63, 3.8) is 0 Å². The molecule has 0 aliphatic rings. The van der Waals surface area contributed by atoms with Gasteiger partial charge in [-0.25, -0.2) is 32.3 Å². The molecule has 11 nitrogen and oxygen atoms in total. The van der Waals surface area contributed by atoms with Crippen molar-refractivity contribution in [1.29, 1.82) is 0 Å². The highest BCUT2D eigenvalue weighted by atomic mass is 35.5. The van der Waals surface area contributed by atoms with E-state index in [1.807, 2.05) is 7.05 Å². The minimum Gasteiger partial charge on any atom is -0.324 e. The number of nitrogens with one attached hydrogen (secondary N) is 1. The Morgan fingerprint density at radius 2 is 1.86 bits per heavy atom. The highest BCUT2D eigenvalue weighted by Crippen LogP contribution is 2.29. The topological polar surface area (TPSA) is 117 Å². The predicted octanol–water partition coefficient (Wildman–Crippen LogP) is 2.51. The molecule has 0 atom stereocenters. The smallest absolute Gasteiger partial charge is 0.324 e. The van der Waals surface area contributed by atoms with Crippen LogP contribution in [0.25, 0.3) is 10.9 Å². The molecule has 0 saturated carbocycles. The minimum atomic E-state index is -2.55. The number of nitrogens with zero attached hydrogens (tertiary/aromatic N) is 8. The molecule has 5 rings (SSSR count). The van der Waals surface area contributed by atoms with Gasteiger partial charge in [-0.3, -0.25) is 13.9 Å². The molecule has 5 aromatic rings. The molecule has 0 fully saturated rings. The van der Waals surface area contributed by atoms with Crippen LogP contribution in [-0.4, -0.2) is 38.7 Å². The second-order valence-corrected chi connectivity index (χ2v) is 7.94. The molecule has 0 aliphatic carbocycles. The number of aryl methyl sites for hydroxylation is 2. The SMILES string of the molecule is Cn1cncn1.[2H]Cn1c(=O)nc(Nc2cc3cn(C([2H])([2H])[2H])nc3cc2Cl)n(Cc2cc(F)c(F)cc2F)c1=O. The van der Waals surface area contributed by atoms with Crippen LogP contribution in [0.5, 0.6) is 0 Å². The van der Waals surface area contributed by atoms with E-state index in [9.17, 15) is 22.8 Å². The Balaban J connectivity index is 0.000000572. The third kappa shape index (κ3) is 5.53. The lowest BCUT2D eigenvalue weighted by atomic mass is 10.2. The molecule has 3 heterocycles. The highest BCUT2D eigenvalue weighted by Gasteiger charge is 2.17. The van der Waals surface area contributed by atoms with Crippen molar-refractivity contribution in [2.75, 3.05) is 5.32 Å². The summed E-state index contributed by atoms with van der Waals surface area (Å²) in [5.41, 5.74) is -2.26. The van der Waals surface area contributed by atoms with Gasteiger partial charge in [-0.15, -0.1) is 0 Å². The first-order chi connectivity index (χ1) is 19.3. The number of hydrogen-bond donors (Lipinski definition) is 1. The first kappa shape index (κ1) is 20.7. The molecule has 1 N–H and O–H groups in total. The maximum atomic E-state index is 14.3. The van der Waals surface area contributed by atoms with Gasteiger partial charge in [0, 0.05) is 49.7 Å². The summed E-state index contributed by atoms with van der Waals surface area (Å²) in [7, 11) is 1.03. The Morgan fingerprint density at radius 3 is 2.51 bits per heavy atom. The van der Waals surface area contributed by atoms with Crippen LogP contribution in [0, 0.1) is 17.5 Å². The highest BCUT2D eigenvalue weighted by molar-refractivity contribution is 6.34. The molecule has 0 radical (unpaired) electrons. The van der Waals surface area contributed by atoms with Crippen molar-refractivity contribution in [2.45, 2.75) is 6.54 Å². The van der Waals surface area contributed by atoms with E-state index in [4.69, 9.17) is 17.1 Å². The Bertz CT molecular complexity index is 1840. The molecule has 0 bridgehead atoms. The Labute approximate surface area is 217 Å². The molecule has 0 unspecified atom stereocenters. The van der Waals surface area contributed by atoms with Gasteiger partial charge in [0.1, 0.15) is 18.5 Å². The Hall–Kier alpha value is -4.46. The summed E-state index contributed by atoms with van der Waals surface area (Å²) in [6, 6.07) is 3.59. The van der Waals surface area contributed by atoms with Gasteiger partial charge in [-0.2, -0.15) is 15.2 Å². The Kier molecular flexibility index (Phi) is 5.74. The van der Waals surface area contributed by atoms with E-state index in [1.54, 1.807) is 11.0 Å². The number of aromatic nitrogens is 8. The maximum Gasteiger partial charge on any atom is 0.354 e. The zero-order valence-corrected chi connectivity index (χ0v) is 19.6. The van der Waals surface area contributed by atoms with Crippen molar-refractivity contribution >= 4 is 34.1 Å². The molecule has 3 aromatic heterocycles. The summed E-state index contributed by atoms with van der Waals surface area (Å²) < 4.78 is 74.7. The first-order valence-electron chi connectivity index (χ1n) is 12.4. The summed E-state index contributed by atoms with van der Waals surface area (Å²) >= 11 is 6.26. The van der Waals surface area contributed by atoms with Gasteiger partial charge >= 0.3 is 11.4 Å². The fourth-order valence-corrected chi connectivity index (χ4v) is 3.36. The van der Waals surface area contributed by atoms with Gasteiger partial charge in [-0.1, -0.05) is 11.6 Å². The van der Waals surface area contributed by atoms with E-state index in [2.05, 4.69) is 25.5 Å². The zero-order chi connectivity index (χ0) is 30.1. The fourth-order valence-electron chi connectivity index (χ4n) is 3.15. The molecule has 0 aliphatic heterocycles. The molecule has 2 aromatic carbocycles. The van der Waals surface area contributed by atoms with Crippen molar-refractivity contribution in [2.24, 2.45) is 21.0 Å². The quantitative estimate of drug-likeness (QED) is 0.350. The van der Waals surface area contributed by atoms with Gasteiger partial charge in [0.25, 0.3) is 0 Å². The van der Waals surface area contributed by atoms with Crippen molar-refractivity contribution in [3.8, 4) is 0 Å². The van der Waals surface area contributed by atoms with E-state index in [0.717, 1.165) is 9.25 Å². The second-order valence-electron chi connectivity index (χ2n) is 7.53. The maximum absolute atomic E-state index is 14.3. The largest absolute Gasteiger partial charge is 0.354 e. The minimum absolute atomic E-state index is 0.0118. The third-order valence-corrected chi connectivity index (χ3v) is 5.25. The summed E-state index contributed by atoms with van der Waals surface area (Å²) in [5.74, 6) is -4.37. The van der Waals surface area contributed by atoms with E-state index in [0.29, 0.717) is 22.1 Å². The Morgan fingerprint density at radius 1 is 1.08 bits per heavy atom. The van der Waals surface area contributed by atoms with Gasteiger partial charge in [0.2, 0.25) is 5.95 Å². The van der Waals surface area contributed by atoms with Crippen LogP contribution in [-0.2, 0) is 27.6 Å². The molecule has 0 saturated heterocycles. The van der Waals surface area contributed by atoms with Crippen molar-refractivity contribution in [1.82, 2.24) is 38.7 Å². The summed E-state index contributed by atoms with van der Waals surface area (Å²) in [4.78, 5) is 32.5. The standard InChI is InChI=1S/C19H14ClF3N6O2.C3H5N3/c1-27-7-10-4-16(11(20)5-15(10)26-27)24-17-25-18(30)28(2)19(31)29(17)8-9-3-13(22)14(23)6-12(9)21;1-6-3-4-2-5-6/h3-7H,8H2,1-2H3,(H,24,25,30);2-3H,1H3/i1D3,2D;. The zero-order valence-electron chi connectivity index (χ0n) is 22.9. The number of halogens is 4. The van der Waals surface area contributed by atoms with Gasteiger partial charge < -0.3 is 5.32 Å². The molecule has 15 heteroatoms. The van der Waals surface area contributed by atoms with E-state index < -0.39 is 60.9 Å². The monoisotopic (exact) mass is 537 g/mol. The van der Waals surface area contributed by atoms with E-state index in [1.165, 1.54) is 24.7 Å². The lowest BCUT2D eigenvalue weighted by Crippen LogP contribution is -2.41. The van der Waals surface area contributed by atoms with Crippen LogP contribution >= 0.6 is 11.6 Å². The van der Waals surface area contributed by atoms with E-state index in [-0.39, 0.29) is 16.2 Å². The first-order valence-corrected chi connectivity index (χ1v) is 10.6. The summed E-state index contributed by atoms with van der Waals surface area (Å²) in [6.45, 7) is -3.22. The van der Waals surface area contributed by atoms with Crippen molar-refractivity contribution < 1.29 is 18.7 Å². The van der Waals surface area contributed by atoms with Crippen molar-refractivity contribution in [3.05, 3.63) is 92.1 Å². The van der Waals surface area contributed by atoms with Crippen LogP contribution in [0.4, 0.5) is 24.8 Å². The molecule has 37 heavy (non-hydrogen) atoms. The average Bonchev–Trinajstić information content (AvgIpc) is 3.54. The lowest BCUT2D eigenvalue weighted by Gasteiger charge is -2.15. The summed E-state index contributed by atoms with van der Waals surface area (Å²) in [5, 5.41) is 10.7. The van der Waals surface area contributed by atoms with Crippen LogP contribution in [0.1, 0.15) is 11.0 Å². The number of hydrogen-bond acceptors (Lipinski definition) is 7. The van der Waals surface area contributed by atoms with Crippen LogP contribution in [0.2, 0.25) is 5.02 Å².